The minimum absolute atomic E-state index is 0.634. The largest absolute Gasteiger partial charge is 0.309 e. The second-order valence-corrected chi connectivity index (χ2v) is 41.2. The molecule has 23 aromatic carbocycles. The number of para-hydroxylation sites is 3. The van der Waals surface area contributed by atoms with E-state index in [0.29, 0.717) is 34.9 Å². The number of rotatable bonds is 11. The zero-order valence-electron chi connectivity index (χ0n) is 77.9. The van der Waals surface area contributed by atoms with Gasteiger partial charge in [-0.3, -0.25) is 0 Å². The summed E-state index contributed by atoms with van der Waals surface area (Å²) in [6, 6.07) is 173. The van der Waals surface area contributed by atoms with Gasteiger partial charge in [0.25, 0.3) is 0 Å². The van der Waals surface area contributed by atoms with Crippen LogP contribution in [-0.4, -0.2) is 39.0 Å². The Morgan fingerprint density at radius 3 is 0.848 bits per heavy atom. The van der Waals surface area contributed by atoms with Gasteiger partial charge in [0.05, 0.1) is 55.1 Å². The van der Waals surface area contributed by atoms with Crippen LogP contribution in [-0.2, 0) is 21.7 Å². The molecule has 6 aliphatic rings. The first-order valence-electron chi connectivity index (χ1n) is 50.1. The van der Waals surface area contributed by atoms with Crippen LogP contribution >= 0.6 is 11.3 Å². The van der Waals surface area contributed by atoms with E-state index >= 15 is 0 Å². The highest BCUT2D eigenvalue weighted by Gasteiger charge is 2.72. The molecule has 5 heterocycles. The summed E-state index contributed by atoms with van der Waals surface area (Å²) < 4.78 is 7.64. The molecule has 0 aliphatic heterocycles. The van der Waals surface area contributed by atoms with Crippen molar-refractivity contribution in [3.63, 3.8) is 0 Å². The SMILES string of the molecule is c1ccc(-c2nc(-c3ccccc3)nc(-c3ccc4c5c(cccc35)C35c6cccc7c(-c8ccc(-c9cccc%10c9c9ccccc9n%10-c9ccc%10c%11c(cccc9%11)C9%11c%12cccc%13c(-c%14ccccc%14)ccc(c%12%13)C%109c9ccc(-c%10nc(-c%12ccccc%12)nc(-c%12ccccc%12)n%10)c%10cccc%11c9%10)c9c8sc8ccccc89)ccc(c67)C43c3ccc(-n4c6ccccc6c6ccccc64)c4cccc5c34)n2)cc1. The van der Waals surface area contributed by atoms with Gasteiger partial charge in [0.15, 0.2) is 34.9 Å². The first kappa shape index (κ1) is 78.3. The Balaban J connectivity index is 0.566. The Bertz CT molecular complexity index is 10500. The summed E-state index contributed by atoms with van der Waals surface area (Å²) >= 11 is 1.92. The van der Waals surface area contributed by atoms with Crippen molar-refractivity contribution in [3.05, 3.63) is 528 Å². The number of benzene rings is 23. The molecule has 4 atom stereocenters. The van der Waals surface area contributed by atoms with Gasteiger partial charge in [-0.1, -0.05) is 419 Å². The molecule has 666 valence electrons. The van der Waals surface area contributed by atoms with Crippen molar-refractivity contribution in [2.75, 3.05) is 0 Å². The average Bonchev–Trinajstić information content (AvgIpc) is 1.44. The lowest BCUT2D eigenvalue weighted by Crippen LogP contribution is -2.42. The number of nitrogens with zero attached hydrogens (tertiary/aromatic N) is 8. The number of fused-ring (bicyclic) bond motifs is 9. The van der Waals surface area contributed by atoms with Crippen molar-refractivity contribution in [1.82, 2.24) is 39.0 Å². The smallest absolute Gasteiger partial charge is 0.164 e. The maximum Gasteiger partial charge on any atom is 0.164 e. The van der Waals surface area contributed by atoms with E-state index in [1.165, 1.54) is 212 Å². The average molecular weight is 1850 g/mol. The fourth-order valence-electron chi connectivity index (χ4n) is 29.0. The summed E-state index contributed by atoms with van der Waals surface area (Å²) in [4.78, 5) is 32.2. The molecule has 34 rings (SSSR count). The molecule has 9 heteroatoms. The van der Waals surface area contributed by atoms with Crippen molar-refractivity contribution >= 4 is 140 Å². The summed E-state index contributed by atoms with van der Waals surface area (Å²) in [5.41, 5.74) is 32.8. The molecule has 0 bridgehead atoms. The molecular formula is C136H76N8S. The number of thiophene rings is 1. The van der Waals surface area contributed by atoms with Gasteiger partial charge in [-0.05, 0) is 191 Å². The topological polar surface area (TPSA) is 87.2 Å². The predicted octanol–water partition coefficient (Wildman–Crippen LogP) is 33.2. The van der Waals surface area contributed by atoms with Crippen LogP contribution in [0.3, 0.4) is 0 Å². The van der Waals surface area contributed by atoms with Gasteiger partial charge in [-0.25, -0.2) is 29.9 Å². The number of hydrogen-bond donors (Lipinski definition) is 0. The summed E-state index contributed by atoms with van der Waals surface area (Å²) in [6.45, 7) is 0. The van der Waals surface area contributed by atoms with E-state index in [0.717, 1.165) is 60.9 Å². The van der Waals surface area contributed by atoms with Crippen LogP contribution in [0.5, 0.6) is 0 Å². The van der Waals surface area contributed by atoms with Crippen LogP contribution in [0.2, 0.25) is 0 Å². The second-order valence-electron chi connectivity index (χ2n) is 40.1. The van der Waals surface area contributed by atoms with E-state index < -0.39 is 21.7 Å². The van der Waals surface area contributed by atoms with Gasteiger partial charge >= 0.3 is 0 Å². The lowest BCUT2D eigenvalue weighted by molar-refractivity contribution is 0.492. The second kappa shape index (κ2) is 28.2. The molecule has 0 saturated carbocycles. The van der Waals surface area contributed by atoms with Crippen LogP contribution in [0.15, 0.2) is 461 Å². The Morgan fingerprint density at radius 1 is 0.152 bits per heavy atom. The minimum atomic E-state index is -0.735. The highest BCUT2D eigenvalue weighted by atomic mass is 32.1. The monoisotopic (exact) mass is 1850 g/mol. The van der Waals surface area contributed by atoms with E-state index in [9.17, 15) is 0 Å². The van der Waals surface area contributed by atoms with Crippen molar-refractivity contribution < 1.29 is 0 Å². The van der Waals surface area contributed by atoms with Crippen molar-refractivity contribution in [2.24, 2.45) is 0 Å². The Labute approximate surface area is 835 Å². The van der Waals surface area contributed by atoms with Gasteiger partial charge in [-0.2, -0.15) is 0 Å². The lowest BCUT2D eigenvalue weighted by Gasteiger charge is -2.40. The maximum absolute atomic E-state index is 5.46. The first-order chi connectivity index (χ1) is 72.0. The molecule has 0 amide bonds. The Morgan fingerprint density at radius 2 is 0.421 bits per heavy atom. The van der Waals surface area contributed by atoms with E-state index in [1.807, 2.05) is 35.6 Å². The van der Waals surface area contributed by atoms with Crippen LogP contribution in [0.25, 0.3) is 242 Å². The minimum Gasteiger partial charge on any atom is -0.309 e. The van der Waals surface area contributed by atoms with Gasteiger partial charge in [0, 0.05) is 91.4 Å². The van der Waals surface area contributed by atoms with E-state index in [2.05, 4.69) is 446 Å². The third-order valence-electron chi connectivity index (χ3n) is 34.0. The highest BCUT2D eigenvalue weighted by Crippen LogP contribution is 2.79. The summed E-state index contributed by atoms with van der Waals surface area (Å²) in [5, 5.41) is 22.3. The molecule has 0 radical (unpaired) electrons. The molecule has 0 N–H and O–H groups in total. The van der Waals surface area contributed by atoms with Gasteiger partial charge in [0.2, 0.25) is 0 Å². The van der Waals surface area contributed by atoms with Gasteiger partial charge in [0.1, 0.15) is 0 Å². The van der Waals surface area contributed by atoms with Gasteiger partial charge < -0.3 is 9.13 Å². The molecule has 5 aromatic heterocycles. The summed E-state index contributed by atoms with van der Waals surface area (Å²) in [7, 11) is 0. The molecule has 4 unspecified atom stereocenters. The van der Waals surface area contributed by atoms with Crippen LogP contribution in [0, 0.1) is 0 Å². The van der Waals surface area contributed by atoms with Crippen molar-refractivity contribution in [1.29, 1.82) is 0 Å². The molecule has 0 spiro atoms. The lowest BCUT2D eigenvalue weighted by atomic mass is 9.59. The number of aromatic nitrogens is 8. The molecule has 0 fully saturated rings. The Hall–Kier alpha value is -18.5. The predicted molar refractivity (Wildman–Crippen MR) is 594 cm³/mol. The summed E-state index contributed by atoms with van der Waals surface area (Å²) in [5.74, 6) is 3.82. The first-order valence-corrected chi connectivity index (χ1v) is 50.9. The highest BCUT2D eigenvalue weighted by molar-refractivity contribution is 7.26. The fraction of sp³-hybridized carbons (Fsp3) is 0.0294. The molecule has 6 aliphatic carbocycles. The van der Waals surface area contributed by atoms with E-state index in [-0.39, 0.29) is 0 Å². The summed E-state index contributed by atoms with van der Waals surface area (Å²) in [6.07, 6.45) is 0. The quantitative estimate of drug-likeness (QED) is 0.128. The van der Waals surface area contributed by atoms with Crippen LogP contribution in [0.1, 0.15) is 66.8 Å². The number of hydrogen-bond acceptors (Lipinski definition) is 7. The van der Waals surface area contributed by atoms with E-state index in [1.54, 1.807) is 0 Å². The van der Waals surface area contributed by atoms with E-state index in [4.69, 9.17) is 29.9 Å². The van der Waals surface area contributed by atoms with Crippen molar-refractivity contribution in [3.8, 4) is 113 Å². The third kappa shape index (κ3) is 9.51. The van der Waals surface area contributed by atoms with Gasteiger partial charge in [-0.15, -0.1) is 11.3 Å². The zero-order chi connectivity index (χ0) is 94.2. The standard InChI is InChI=1S/C136H76N8S/c1-6-31-77(32-7-1)82-65-69-105-120-86(82)45-24-52-99(120)133-101-54-26-47-89-93(131-139-127(78-33-8-2-9-34-78)137-128(140-131)79-35-10-3-11-36-79)67-71-107(122(89)101)135(105,133)110-74-76-115(97-51-29-57-104(133)125(97)110)144-113-60-22-18-43-95(113)118-88(49-30-61-116(118)144)91-63-64-92(126-119(91)98-44-19-23-62-117(98)145-126)83-66-70-106-121-87(83)46-25-53-100(121)134-102-55-27-48-90-94(132-141-129(80-37-12-4-13-38-80)138-130(142-132)81-39-14-5-15-40-81)68-72-108(123(90)102)136(106,134)109-73-75-114(96-50-28-56-103(134)124(96)109)143-111-58-20-16-41-84(111)85-42-17-21-59-112(85)143/h1-76H. The maximum atomic E-state index is 5.46. The van der Waals surface area contributed by atoms with Crippen LogP contribution < -0.4 is 0 Å². The zero-order valence-corrected chi connectivity index (χ0v) is 78.7. The molecule has 28 aromatic rings. The normalized spacial score (nSPS) is 17.1. The molecule has 145 heavy (non-hydrogen) atoms. The van der Waals surface area contributed by atoms with Crippen molar-refractivity contribution in [2.45, 2.75) is 21.7 Å². The Kier molecular flexibility index (Phi) is 15.2. The molecule has 8 nitrogen and oxygen atoms in total. The van der Waals surface area contributed by atoms with Crippen LogP contribution in [0.4, 0.5) is 0 Å². The fourth-order valence-corrected chi connectivity index (χ4v) is 30.3. The molecule has 0 saturated heterocycles. The third-order valence-corrected chi connectivity index (χ3v) is 35.2. The molecular weight excluding hydrogens is 1780 g/mol.